The van der Waals surface area contributed by atoms with Crippen molar-refractivity contribution < 1.29 is 33.3 Å². The van der Waals surface area contributed by atoms with Crippen molar-refractivity contribution in [3.8, 4) is 11.5 Å². The number of halogens is 1. The minimum absolute atomic E-state index is 0.0477. The number of ether oxygens (including phenoxy) is 3. The van der Waals surface area contributed by atoms with Crippen molar-refractivity contribution in [1.29, 1.82) is 0 Å². The van der Waals surface area contributed by atoms with Crippen LogP contribution in [0.15, 0.2) is 58.2 Å². The third-order valence-corrected chi connectivity index (χ3v) is 6.19. The fourth-order valence-corrected chi connectivity index (χ4v) is 4.58. The fraction of sp³-hybridized carbons (Fsp3) is 0.333. The summed E-state index contributed by atoms with van der Waals surface area (Å²) < 4.78 is 22.3. The number of rotatable bonds is 10. The predicted molar refractivity (Wildman–Crippen MR) is 135 cm³/mol. The third kappa shape index (κ3) is 4.79. The summed E-state index contributed by atoms with van der Waals surface area (Å²) in [4.78, 5) is 28.4. The molecule has 1 aromatic heterocycles. The summed E-state index contributed by atoms with van der Waals surface area (Å²) in [5, 5.41) is 11.9. The molecule has 0 aliphatic carbocycles. The van der Waals surface area contributed by atoms with Crippen molar-refractivity contribution in [2.24, 2.45) is 0 Å². The maximum Gasteiger partial charge on any atom is 0.290 e. The number of para-hydroxylation sites is 1. The van der Waals surface area contributed by atoms with Crippen molar-refractivity contribution in [2.75, 3.05) is 27.4 Å². The van der Waals surface area contributed by atoms with Gasteiger partial charge in [-0.25, -0.2) is 0 Å². The van der Waals surface area contributed by atoms with Gasteiger partial charge in [0.1, 0.15) is 5.75 Å². The number of methoxy groups -OCH3 is 2. The van der Waals surface area contributed by atoms with Crippen LogP contribution < -0.4 is 9.47 Å². The Bertz CT molecular complexity index is 1330. The normalized spacial score (nSPS) is 15.9. The summed E-state index contributed by atoms with van der Waals surface area (Å²) in [5.74, 6) is -1.08. The van der Waals surface area contributed by atoms with Gasteiger partial charge in [0.2, 0.25) is 5.78 Å². The van der Waals surface area contributed by atoms with E-state index in [0.29, 0.717) is 46.1 Å². The van der Waals surface area contributed by atoms with Gasteiger partial charge in [-0.15, -0.1) is 0 Å². The minimum atomic E-state index is -0.876. The van der Waals surface area contributed by atoms with E-state index in [-0.39, 0.29) is 24.0 Å². The molecule has 0 saturated carbocycles. The number of furan rings is 1. The number of benzene rings is 2. The van der Waals surface area contributed by atoms with Gasteiger partial charge in [0.25, 0.3) is 5.91 Å². The van der Waals surface area contributed by atoms with Gasteiger partial charge >= 0.3 is 0 Å². The average Bonchev–Trinajstić information content (AvgIpc) is 3.39. The Balaban J connectivity index is 1.77. The molecular weight excluding hydrogens is 486 g/mol. The molecule has 0 saturated heterocycles. The van der Waals surface area contributed by atoms with Gasteiger partial charge in [0.15, 0.2) is 22.9 Å². The summed E-state index contributed by atoms with van der Waals surface area (Å²) in [5.41, 5.74) is 0.826. The Kier molecular flexibility index (Phi) is 7.56. The molecule has 4 rings (SSSR count). The third-order valence-electron chi connectivity index (χ3n) is 5.97. The first kappa shape index (κ1) is 25.6. The summed E-state index contributed by atoms with van der Waals surface area (Å²) in [6.07, 6.45) is 0.566. The lowest BCUT2D eigenvalue weighted by atomic mass is 9.94. The number of aliphatic hydroxyl groups excluding tert-OH is 1. The van der Waals surface area contributed by atoms with Gasteiger partial charge in [0.05, 0.1) is 31.9 Å². The maximum atomic E-state index is 13.8. The SMILES string of the molecule is COc1ccccc1C1C(C(=O)c2cc3cc(Cl)cc(OC)c3o2)=C(O)C(=O)N1CCCOC(C)C. The summed E-state index contributed by atoms with van der Waals surface area (Å²) in [6, 6.07) is 11.0. The molecule has 8 nitrogen and oxygen atoms in total. The van der Waals surface area contributed by atoms with Crippen molar-refractivity contribution in [1.82, 2.24) is 4.90 Å². The van der Waals surface area contributed by atoms with Crippen LogP contribution >= 0.6 is 11.6 Å². The fourth-order valence-electron chi connectivity index (χ4n) is 4.37. The quantitative estimate of drug-likeness (QED) is 0.282. The van der Waals surface area contributed by atoms with E-state index in [9.17, 15) is 14.7 Å². The number of carbonyl (C=O) groups is 2. The largest absolute Gasteiger partial charge is 0.503 e. The van der Waals surface area contributed by atoms with E-state index in [0.717, 1.165) is 0 Å². The second-order valence-corrected chi connectivity index (χ2v) is 9.08. The van der Waals surface area contributed by atoms with Gasteiger partial charge < -0.3 is 28.6 Å². The molecule has 1 amide bonds. The average molecular weight is 514 g/mol. The molecule has 2 aromatic carbocycles. The van der Waals surface area contributed by atoms with Gasteiger partial charge in [-0.3, -0.25) is 9.59 Å². The van der Waals surface area contributed by atoms with E-state index in [4.69, 9.17) is 30.2 Å². The second kappa shape index (κ2) is 10.6. The van der Waals surface area contributed by atoms with Crippen LogP contribution in [0.25, 0.3) is 11.0 Å². The van der Waals surface area contributed by atoms with Crippen molar-refractivity contribution in [3.63, 3.8) is 0 Å². The zero-order valence-electron chi connectivity index (χ0n) is 20.5. The van der Waals surface area contributed by atoms with Crippen LogP contribution in [-0.2, 0) is 9.53 Å². The Labute approximate surface area is 214 Å². The number of hydrogen-bond acceptors (Lipinski definition) is 7. The van der Waals surface area contributed by atoms with Gasteiger partial charge in [-0.1, -0.05) is 29.8 Å². The van der Waals surface area contributed by atoms with Crippen LogP contribution in [0, 0.1) is 0 Å². The lowest BCUT2D eigenvalue weighted by Crippen LogP contribution is -2.33. The first-order valence-electron chi connectivity index (χ1n) is 11.6. The molecule has 2 heterocycles. The highest BCUT2D eigenvalue weighted by Gasteiger charge is 2.45. The number of Topliss-reactive ketones (excluding diaryl/α,β-unsaturated/α-hetero) is 1. The predicted octanol–water partition coefficient (Wildman–Crippen LogP) is 5.50. The molecule has 3 aromatic rings. The summed E-state index contributed by atoms with van der Waals surface area (Å²) in [7, 11) is 2.98. The van der Waals surface area contributed by atoms with Crippen molar-refractivity contribution in [3.05, 3.63) is 70.1 Å². The molecule has 1 aliphatic heterocycles. The molecule has 1 unspecified atom stereocenters. The Morgan fingerprint density at radius 1 is 1.14 bits per heavy atom. The van der Waals surface area contributed by atoms with E-state index in [1.165, 1.54) is 25.2 Å². The zero-order valence-corrected chi connectivity index (χ0v) is 21.3. The van der Waals surface area contributed by atoms with Crippen LogP contribution in [0.1, 0.15) is 42.4 Å². The zero-order chi connectivity index (χ0) is 26.0. The first-order chi connectivity index (χ1) is 17.3. The van der Waals surface area contributed by atoms with Gasteiger partial charge in [0, 0.05) is 35.2 Å². The maximum absolute atomic E-state index is 13.8. The lowest BCUT2D eigenvalue weighted by Gasteiger charge is -2.28. The minimum Gasteiger partial charge on any atom is -0.503 e. The monoisotopic (exact) mass is 513 g/mol. The molecule has 9 heteroatoms. The molecule has 1 aliphatic rings. The number of carbonyl (C=O) groups excluding carboxylic acids is 2. The van der Waals surface area contributed by atoms with E-state index in [2.05, 4.69) is 0 Å². The summed E-state index contributed by atoms with van der Waals surface area (Å²) >= 11 is 6.17. The van der Waals surface area contributed by atoms with E-state index < -0.39 is 23.5 Å². The van der Waals surface area contributed by atoms with Crippen LogP contribution in [-0.4, -0.2) is 55.2 Å². The second-order valence-electron chi connectivity index (χ2n) is 8.64. The Hall–Kier alpha value is -3.49. The highest BCUT2D eigenvalue weighted by molar-refractivity contribution is 6.31. The van der Waals surface area contributed by atoms with Gasteiger partial charge in [-0.2, -0.15) is 0 Å². The van der Waals surface area contributed by atoms with Crippen molar-refractivity contribution in [2.45, 2.75) is 32.4 Å². The molecule has 0 fully saturated rings. The summed E-state index contributed by atoms with van der Waals surface area (Å²) in [6.45, 7) is 4.55. The van der Waals surface area contributed by atoms with E-state index in [1.54, 1.807) is 36.4 Å². The van der Waals surface area contributed by atoms with Crippen molar-refractivity contribution >= 4 is 34.3 Å². The van der Waals surface area contributed by atoms with Crippen LogP contribution in [0.2, 0.25) is 5.02 Å². The molecule has 0 radical (unpaired) electrons. The standard InChI is InChI=1S/C27H28ClNO7/c1-15(2)35-11-7-10-29-23(18-8-5-6-9-19(18)33-3)22(25(31)27(29)32)24(30)20-13-16-12-17(28)14-21(34-4)26(16)36-20/h5-6,8-9,12-15,23,31H,7,10-11H2,1-4H3. The molecule has 36 heavy (non-hydrogen) atoms. The molecule has 1 N–H and O–H groups in total. The van der Waals surface area contributed by atoms with Crippen LogP contribution in [0.4, 0.5) is 0 Å². The lowest BCUT2D eigenvalue weighted by molar-refractivity contribution is -0.129. The van der Waals surface area contributed by atoms with Gasteiger partial charge in [-0.05, 0) is 38.5 Å². The number of fused-ring (bicyclic) bond motifs is 1. The molecule has 1 atom stereocenters. The number of nitrogens with zero attached hydrogens (tertiary/aromatic N) is 1. The highest BCUT2D eigenvalue weighted by Crippen LogP contribution is 2.43. The molecule has 190 valence electrons. The Morgan fingerprint density at radius 2 is 1.86 bits per heavy atom. The first-order valence-corrected chi connectivity index (χ1v) is 11.9. The Morgan fingerprint density at radius 3 is 2.56 bits per heavy atom. The number of aliphatic hydroxyl groups is 1. The van der Waals surface area contributed by atoms with Crippen LogP contribution in [0.3, 0.4) is 0 Å². The number of amides is 1. The highest BCUT2D eigenvalue weighted by atomic mass is 35.5. The van der Waals surface area contributed by atoms with Crippen LogP contribution in [0.5, 0.6) is 11.5 Å². The van der Waals surface area contributed by atoms with E-state index in [1.807, 2.05) is 13.8 Å². The molecular formula is C27H28ClNO7. The molecule has 0 bridgehead atoms. The number of hydrogen-bond donors (Lipinski definition) is 1. The smallest absolute Gasteiger partial charge is 0.290 e. The topological polar surface area (TPSA) is 98.4 Å². The number of ketones is 1. The molecule has 0 spiro atoms. The van der Waals surface area contributed by atoms with E-state index >= 15 is 0 Å².